The number of nitrogens with one attached hydrogen (secondary N) is 2. The number of amides is 1. The first-order valence-corrected chi connectivity index (χ1v) is 7.03. The fourth-order valence-corrected chi connectivity index (χ4v) is 2.77. The van der Waals surface area contributed by atoms with E-state index in [1.54, 1.807) is 12.3 Å². The van der Waals surface area contributed by atoms with Gasteiger partial charge in [0, 0.05) is 6.54 Å². The minimum Gasteiger partial charge on any atom is -0.462 e. The standard InChI is InChI=1S/C12H14N4O2S/c17-10(8-3-1-5-13-7-8)14-12-16-15-11(19-12)9-4-2-6-18-9/h2,4,6,8,13H,1,3,5,7H2,(H,14,16,17). The van der Waals surface area contributed by atoms with E-state index in [1.165, 1.54) is 11.3 Å². The Morgan fingerprint density at radius 3 is 3.21 bits per heavy atom. The normalized spacial score (nSPS) is 19.3. The molecule has 1 amide bonds. The van der Waals surface area contributed by atoms with Crippen LogP contribution < -0.4 is 10.6 Å². The number of rotatable bonds is 3. The number of aromatic nitrogens is 2. The number of nitrogens with zero attached hydrogens (tertiary/aromatic N) is 2. The molecule has 1 aliphatic rings. The number of furan rings is 1. The fraction of sp³-hybridized carbons (Fsp3) is 0.417. The third-order valence-electron chi connectivity index (χ3n) is 3.05. The molecule has 0 aliphatic carbocycles. The van der Waals surface area contributed by atoms with E-state index < -0.39 is 0 Å². The van der Waals surface area contributed by atoms with Gasteiger partial charge in [-0.05, 0) is 31.5 Å². The van der Waals surface area contributed by atoms with Gasteiger partial charge in [0.15, 0.2) is 10.8 Å². The van der Waals surface area contributed by atoms with Crippen LogP contribution in [0, 0.1) is 5.92 Å². The summed E-state index contributed by atoms with van der Waals surface area (Å²) in [6.07, 6.45) is 3.54. The van der Waals surface area contributed by atoms with Crippen LogP contribution in [0.25, 0.3) is 10.8 Å². The van der Waals surface area contributed by atoms with Crippen LogP contribution in [0.3, 0.4) is 0 Å². The Labute approximate surface area is 114 Å². The van der Waals surface area contributed by atoms with Crippen molar-refractivity contribution in [3.63, 3.8) is 0 Å². The molecule has 6 nitrogen and oxygen atoms in total. The van der Waals surface area contributed by atoms with Gasteiger partial charge in [-0.15, -0.1) is 10.2 Å². The van der Waals surface area contributed by atoms with Gasteiger partial charge in [0.25, 0.3) is 0 Å². The number of anilines is 1. The Morgan fingerprint density at radius 2 is 2.47 bits per heavy atom. The van der Waals surface area contributed by atoms with Crippen molar-refractivity contribution in [2.45, 2.75) is 12.8 Å². The molecule has 3 rings (SSSR count). The Hall–Kier alpha value is -1.73. The zero-order chi connectivity index (χ0) is 13.1. The van der Waals surface area contributed by atoms with Crippen LogP contribution in [0.1, 0.15) is 12.8 Å². The lowest BCUT2D eigenvalue weighted by atomic mass is 9.99. The summed E-state index contributed by atoms with van der Waals surface area (Å²) >= 11 is 1.31. The minimum absolute atomic E-state index is 0.00865. The summed E-state index contributed by atoms with van der Waals surface area (Å²) < 4.78 is 5.24. The van der Waals surface area contributed by atoms with Gasteiger partial charge in [0.1, 0.15) is 0 Å². The molecule has 2 aromatic heterocycles. The second-order valence-electron chi connectivity index (χ2n) is 4.42. The molecule has 19 heavy (non-hydrogen) atoms. The molecule has 2 aromatic rings. The molecule has 1 saturated heterocycles. The molecule has 3 heterocycles. The molecule has 0 spiro atoms. The Bertz CT molecular complexity index is 546. The molecule has 0 saturated carbocycles. The van der Waals surface area contributed by atoms with Gasteiger partial charge in [-0.1, -0.05) is 11.3 Å². The molecular formula is C12H14N4O2S. The predicted octanol–water partition coefficient (Wildman–Crippen LogP) is 1.74. The molecule has 1 fully saturated rings. The fourth-order valence-electron chi connectivity index (χ4n) is 2.06. The lowest BCUT2D eigenvalue weighted by Crippen LogP contribution is -2.37. The van der Waals surface area contributed by atoms with Crippen LogP contribution in [0.4, 0.5) is 5.13 Å². The summed E-state index contributed by atoms with van der Waals surface area (Å²) in [5.41, 5.74) is 0. The molecule has 100 valence electrons. The van der Waals surface area contributed by atoms with Crippen molar-refractivity contribution in [1.29, 1.82) is 0 Å². The van der Waals surface area contributed by atoms with Crippen LogP contribution in [-0.4, -0.2) is 29.2 Å². The molecule has 0 radical (unpaired) electrons. The first-order valence-electron chi connectivity index (χ1n) is 6.22. The number of carbonyl (C=O) groups is 1. The van der Waals surface area contributed by atoms with Crippen LogP contribution in [0.15, 0.2) is 22.8 Å². The van der Waals surface area contributed by atoms with Gasteiger partial charge in [0.05, 0.1) is 12.2 Å². The first-order chi connectivity index (χ1) is 9.33. The van der Waals surface area contributed by atoms with Crippen molar-refractivity contribution < 1.29 is 9.21 Å². The van der Waals surface area contributed by atoms with Gasteiger partial charge < -0.3 is 15.1 Å². The lowest BCUT2D eigenvalue weighted by Gasteiger charge is -2.20. The van der Waals surface area contributed by atoms with E-state index in [1.807, 2.05) is 6.07 Å². The molecule has 7 heteroatoms. The van der Waals surface area contributed by atoms with E-state index in [2.05, 4.69) is 20.8 Å². The second kappa shape index (κ2) is 5.50. The molecule has 0 bridgehead atoms. The van der Waals surface area contributed by atoms with Crippen LogP contribution in [0.5, 0.6) is 0 Å². The summed E-state index contributed by atoms with van der Waals surface area (Å²) in [4.78, 5) is 12.0. The van der Waals surface area contributed by atoms with Crippen molar-refractivity contribution >= 4 is 22.4 Å². The summed E-state index contributed by atoms with van der Waals surface area (Å²) in [7, 11) is 0. The van der Waals surface area contributed by atoms with Crippen LogP contribution in [0.2, 0.25) is 0 Å². The van der Waals surface area contributed by atoms with Gasteiger partial charge in [-0.25, -0.2) is 0 Å². The summed E-state index contributed by atoms with van der Waals surface area (Å²) in [6, 6.07) is 3.61. The quantitative estimate of drug-likeness (QED) is 0.894. The highest BCUT2D eigenvalue weighted by molar-refractivity contribution is 7.18. The number of hydrogen-bond acceptors (Lipinski definition) is 6. The van der Waals surface area contributed by atoms with Gasteiger partial charge >= 0.3 is 0 Å². The topological polar surface area (TPSA) is 80.1 Å². The van der Waals surface area contributed by atoms with Crippen LogP contribution in [-0.2, 0) is 4.79 Å². The molecule has 1 aliphatic heterocycles. The van der Waals surface area contributed by atoms with Crippen molar-refractivity contribution in [3.05, 3.63) is 18.4 Å². The molecule has 1 unspecified atom stereocenters. The van der Waals surface area contributed by atoms with E-state index >= 15 is 0 Å². The monoisotopic (exact) mass is 278 g/mol. The number of hydrogen-bond donors (Lipinski definition) is 2. The second-order valence-corrected chi connectivity index (χ2v) is 5.40. The number of carbonyl (C=O) groups excluding carboxylic acids is 1. The average Bonchev–Trinajstić information content (AvgIpc) is 3.10. The van der Waals surface area contributed by atoms with E-state index in [0.717, 1.165) is 25.9 Å². The maximum atomic E-state index is 12.0. The van der Waals surface area contributed by atoms with E-state index in [4.69, 9.17) is 4.42 Å². The number of piperidine rings is 1. The van der Waals surface area contributed by atoms with Crippen molar-refractivity contribution in [1.82, 2.24) is 15.5 Å². The maximum Gasteiger partial charge on any atom is 0.230 e. The highest BCUT2D eigenvalue weighted by Gasteiger charge is 2.22. The summed E-state index contributed by atoms with van der Waals surface area (Å²) in [5, 5.41) is 15.2. The SMILES string of the molecule is O=C(Nc1nnc(-c2ccco2)s1)C1CCCNC1. The van der Waals surface area contributed by atoms with Crippen molar-refractivity contribution in [2.75, 3.05) is 18.4 Å². The third kappa shape index (κ3) is 2.82. The maximum absolute atomic E-state index is 12.0. The summed E-state index contributed by atoms with van der Waals surface area (Å²) in [6.45, 7) is 1.72. The van der Waals surface area contributed by atoms with Gasteiger partial charge in [-0.3, -0.25) is 4.79 Å². The highest BCUT2D eigenvalue weighted by Crippen LogP contribution is 2.27. The van der Waals surface area contributed by atoms with Gasteiger partial charge in [-0.2, -0.15) is 0 Å². The molecule has 0 aromatic carbocycles. The summed E-state index contributed by atoms with van der Waals surface area (Å²) in [5.74, 6) is 0.691. The molecule has 1 atom stereocenters. The Morgan fingerprint density at radius 1 is 1.53 bits per heavy atom. The zero-order valence-corrected chi connectivity index (χ0v) is 11.1. The molecule has 2 N–H and O–H groups in total. The van der Waals surface area contributed by atoms with Crippen LogP contribution >= 0.6 is 11.3 Å². The minimum atomic E-state index is 0.00865. The molecular weight excluding hydrogens is 264 g/mol. The lowest BCUT2D eigenvalue weighted by molar-refractivity contribution is -0.120. The van der Waals surface area contributed by atoms with Crippen molar-refractivity contribution in [2.24, 2.45) is 5.92 Å². The first kappa shape index (κ1) is 12.3. The largest absolute Gasteiger partial charge is 0.462 e. The van der Waals surface area contributed by atoms with E-state index in [9.17, 15) is 4.79 Å². The predicted molar refractivity (Wildman–Crippen MR) is 71.8 cm³/mol. The third-order valence-corrected chi connectivity index (χ3v) is 3.91. The van der Waals surface area contributed by atoms with E-state index in [-0.39, 0.29) is 11.8 Å². The van der Waals surface area contributed by atoms with Crippen molar-refractivity contribution in [3.8, 4) is 10.8 Å². The van der Waals surface area contributed by atoms with E-state index in [0.29, 0.717) is 15.9 Å². The zero-order valence-electron chi connectivity index (χ0n) is 10.3. The Balaban J connectivity index is 1.65. The van der Waals surface area contributed by atoms with Gasteiger partial charge in [0.2, 0.25) is 11.0 Å². The highest BCUT2D eigenvalue weighted by atomic mass is 32.1. The Kier molecular flexibility index (Phi) is 3.56. The average molecular weight is 278 g/mol. The smallest absolute Gasteiger partial charge is 0.230 e.